The second-order valence-corrected chi connectivity index (χ2v) is 8.23. The molecule has 1 aromatic carbocycles. The minimum absolute atomic E-state index is 0.184. The van der Waals surface area contributed by atoms with Crippen LogP contribution in [0.3, 0.4) is 0 Å². The first kappa shape index (κ1) is 18.0. The Morgan fingerprint density at radius 1 is 1.14 bits per heavy atom. The fourth-order valence-corrected chi connectivity index (χ4v) is 5.20. The van der Waals surface area contributed by atoms with Gasteiger partial charge in [0.05, 0.1) is 11.6 Å². The number of nitrogens with one attached hydrogen (secondary N) is 1. The molecule has 1 N–H and O–H groups in total. The zero-order chi connectivity index (χ0) is 20.0. The summed E-state index contributed by atoms with van der Waals surface area (Å²) >= 11 is 0. The van der Waals surface area contributed by atoms with Crippen LogP contribution in [0.25, 0.3) is 11.1 Å². The Bertz CT molecular complexity index is 1070. The largest absolute Gasteiger partial charge is 0.362 e. The van der Waals surface area contributed by atoms with Crippen LogP contribution in [-0.4, -0.2) is 16.9 Å². The fraction of sp³-hybridized carbons (Fsp3) is 0.333. The summed E-state index contributed by atoms with van der Waals surface area (Å²) in [6.07, 6.45) is 7.56. The highest BCUT2D eigenvalue weighted by Crippen LogP contribution is 2.52. The molecule has 0 spiro atoms. The van der Waals surface area contributed by atoms with E-state index in [1.54, 1.807) is 0 Å². The molecule has 0 saturated heterocycles. The molecule has 3 unspecified atom stereocenters. The van der Waals surface area contributed by atoms with Crippen molar-refractivity contribution in [3.8, 4) is 11.1 Å². The molecule has 2 aromatic rings. The fourth-order valence-electron chi connectivity index (χ4n) is 5.20. The van der Waals surface area contributed by atoms with Crippen molar-refractivity contribution in [2.24, 2.45) is 16.1 Å². The number of carbonyl (C=O) groups is 1. The van der Waals surface area contributed by atoms with Crippen LogP contribution in [-0.2, 0) is 10.2 Å². The summed E-state index contributed by atoms with van der Waals surface area (Å²) in [6.45, 7) is 4.30. The first-order chi connectivity index (χ1) is 14.1. The molecule has 3 aliphatic rings. The van der Waals surface area contributed by atoms with E-state index in [0.717, 1.165) is 46.4 Å². The average molecular weight is 384 g/mol. The topological polar surface area (TPSA) is 66.7 Å². The van der Waals surface area contributed by atoms with Gasteiger partial charge in [-0.25, -0.2) is 0 Å². The highest BCUT2D eigenvalue weighted by Gasteiger charge is 2.51. The molecule has 29 heavy (non-hydrogen) atoms. The van der Waals surface area contributed by atoms with E-state index in [1.165, 1.54) is 0 Å². The second kappa shape index (κ2) is 6.76. The summed E-state index contributed by atoms with van der Waals surface area (Å²) in [5.41, 5.74) is 5.93. The number of azo groups is 1. The van der Waals surface area contributed by atoms with Crippen molar-refractivity contribution in [2.75, 3.05) is 0 Å². The van der Waals surface area contributed by atoms with Crippen LogP contribution >= 0.6 is 0 Å². The van der Waals surface area contributed by atoms with Gasteiger partial charge in [-0.05, 0) is 53.6 Å². The van der Waals surface area contributed by atoms with E-state index in [0.29, 0.717) is 12.3 Å². The first-order valence-corrected chi connectivity index (χ1v) is 10.3. The Morgan fingerprint density at radius 2 is 1.97 bits per heavy atom. The number of hydrogen-bond acceptors (Lipinski definition) is 5. The van der Waals surface area contributed by atoms with Crippen molar-refractivity contribution in [2.45, 2.75) is 44.7 Å². The molecule has 0 amide bonds. The zero-order valence-corrected chi connectivity index (χ0v) is 16.7. The van der Waals surface area contributed by atoms with E-state index in [4.69, 9.17) is 0 Å². The lowest BCUT2D eigenvalue weighted by Crippen LogP contribution is -2.50. The summed E-state index contributed by atoms with van der Waals surface area (Å²) in [6, 6.07) is 12.6. The van der Waals surface area contributed by atoms with Gasteiger partial charge in [-0.2, -0.15) is 10.2 Å². The predicted molar refractivity (Wildman–Crippen MR) is 112 cm³/mol. The van der Waals surface area contributed by atoms with Gasteiger partial charge in [0.2, 0.25) is 0 Å². The van der Waals surface area contributed by atoms with Gasteiger partial charge in [-0.1, -0.05) is 32.0 Å². The van der Waals surface area contributed by atoms with Crippen LogP contribution in [0.5, 0.6) is 0 Å². The molecule has 2 aliphatic heterocycles. The molecule has 1 aliphatic carbocycles. The lowest BCUT2D eigenvalue weighted by Gasteiger charge is -2.46. The van der Waals surface area contributed by atoms with Crippen molar-refractivity contribution < 1.29 is 4.79 Å². The van der Waals surface area contributed by atoms with Crippen LogP contribution in [0.1, 0.15) is 38.7 Å². The maximum atomic E-state index is 13.3. The number of pyridine rings is 1. The van der Waals surface area contributed by atoms with E-state index in [-0.39, 0.29) is 11.9 Å². The molecule has 3 heterocycles. The minimum atomic E-state index is -0.491. The molecular weight excluding hydrogens is 360 g/mol. The summed E-state index contributed by atoms with van der Waals surface area (Å²) < 4.78 is 0. The molecule has 5 rings (SSSR count). The van der Waals surface area contributed by atoms with E-state index >= 15 is 0 Å². The molecule has 0 fully saturated rings. The van der Waals surface area contributed by atoms with E-state index in [2.05, 4.69) is 58.6 Å². The number of hydrogen-bond donors (Lipinski definition) is 1. The summed E-state index contributed by atoms with van der Waals surface area (Å²) in [5.74, 6) is 0.587. The van der Waals surface area contributed by atoms with Gasteiger partial charge in [0.25, 0.3) is 0 Å². The van der Waals surface area contributed by atoms with Crippen molar-refractivity contribution >= 4 is 5.78 Å². The number of ketones is 1. The molecule has 146 valence electrons. The summed E-state index contributed by atoms with van der Waals surface area (Å²) in [5, 5.41) is 12.2. The van der Waals surface area contributed by atoms with Crippen molar-refractivity contribution in [3.63, 3.8) is 0 Å². The molecule has 5 nitrogen and oxygen atoms in total. The number of carbonyl (C=O) groups excluding carboxylic acids is 1. The van der Waals surface area contributed by atoms with Crippen molar-refractivity contribution in [1.29, 1.82) is 0 Å². The monoisotopic (exact) mass is 384 g/mol. The van der Waals surface area contributed by atoms with Gasteiger partial charge in [0.15, 0.2) is 11.9 Å². The maximum absolute atomic E-state index is 13.3. The van der Waals surface area contributed by atoms with Crippen LogP contribution in [0.4, 0.5) is 0 Å². The molecule has 0 radical (unpaired) electrons. The number of fused-ring (bicyclic) bond motifs is 1. The summed E-state index contributed by atoms with van der Waals surface area (Å²) in [4.78, 5) is 17.5. The lowest BCUT2D eigenvalue weighted by molar-refractivity contribution is -0.117. The van der Waals surface area contributed by atoms with Crippen LogP contribution in [0.15, 0.2) is 82.1 Å². The van der Waals surface area contributed by atoms with Gasteiger partial charge >= 0.3 is 0 Å². The van der Waals surface area contributed by atoms with Crippen LogP contribution < -0.4 is 5.32 Å². The minimum Gasteiger partial charge on any atom is -0.362 e. The normalized spacial score (nSPS) is 27.9. The van der Waals surface area contributed by atoms with Crippen molar-refractivity contribution in [3.05, 3.63) is 77.4 Å². The Morgan fingerprint density at radius 3 is 2.76 bits per heavy atom. The molecule has 1 aromatic heterocycles. The SMILES string of the molecule is CCC1(c2cccc(-c3ccncc3)c2)C2=CN=NC2NC2=C1C(=O)CC(C)C2. The van der Waals surface area contributed by atoms with Crippen LogP contribution in [0, 0.1) is 5.92 Å². The smallest absolute Gasteiger partial charge is 0.164 e. The lowest BCUT2D eigenvalue weighted by atomic mass is 9.60. The third-order valence-electron chi connectivity index (χ3n) is 6.47. The van der Waals surface area contributed by atoms with Gasteiger partial charge in [0.1, 0.15) is 0 Å². The molecule has 0 bridgehead atoms. The zero-order valence-electron chi connectivity index (χ0n) is 16.7. The highest BCUT2D eigenvalue weighted by atomic mass is 16.1. The quantitative estimate of drug-likeness (QED) is 0.816. The van der Waals surface area contributed by atoms with Gasteiger partial charge in [0, 0.05) is 35.7 Å². The third kappa shape index (κ3) is 2.68. The molecule has 0 saturated carbocycles. The van der Waals surface area contributed by atoms with Gasteiger partial charge in [-0.3, -0.25) is 9.78 Å². The Hall–Kier alpha value is -3.08. The van der Waals surface area contributed by atoms with E-state index < -0.39 is 5.41 Å². The number of rotatable bonds is 3. The number of nitrogens with zero attached hydrogens (tertiary/aromatic N) is 3. The summed E-state index contributed by atoms with van der Waals surface area (Å²) in [7, 11) is 0. The standard InChI is InChI=1S/C24H24N4O/c1-3-24(18-6-4-5-17(13-18)16-7-9-25-10-8-16)19-14-26-28-23(19)27-20-11-15(2)12-21(29)22(20)24/h4-10,13-15,23,27H,3,11-12H2,1-2H3. The van der Waals surface area contributed by atoms with E-state index in [1.807, 2.05) is 30.7 Å². The molecular formula is C24H24N4O. The Labute approximate surface area is 170 Å². The predicted octanol–water partition coefficient (Wildman–Crippen LogP) is 4.93. The molecule has 3 atom stereocenters. The number of allylic oxidation sites excluding steroid dienone is 2. The Balaban J connectivity index is 1.74. The number of aromatic nitrogens is 1. The third-order valence-corrected chi connectivity index (χ3v) is 6.47. The van der Waals surface area contributed by atoms with Gasteiger partial charge in [-0.15, -0.1) is 0 Å². The molecule has 5 heteroatoms. The number of benzene rings is 1. The second-order valence-electron chi connectivity index (χ2n) is 8.23. The Kier molecular flexibility index (Phi) is 4.19. The van der Waals surface area contributed by atoms with Crippen LogP contribution in [0.2, 0.25) is 0 Å². The average Bonchev–Trinajstić information content (AvgIpc) is 3.21. The first-order valence-electron chi connectivity index (χ1n) is 10.3. The highest BCUT2D eigenvalue weighted by molar-refractivity contribution is 6.01. The van der Waals surface area contributed by atoms with E-state index in [9.17, 15) is 4.79 Å². The van der Waals surface area contributed by atoms with Gasteiger partial charge < -0.3 is 5.32 Å². The van der Waals surface area contributed by atoms with Crippen molar-refractivity contribution in [1.82, 2.24) is 10.3 Å². The number of Topliss-reactive ketones (excluding diaryl/α,β-unsaturated/α-hetero) is 1. The maximum Gasteiger partial charge on any atom is 0.164 e.